The normalized spacial score (nSPS) is 24.6. The number of rotatable bonds is 3. The SMILES string of the molecule is O=C(CN1C(=O)C2CCCC2C1=O)c1ccc(Cl)cc1Cl. The maximum Gasteiger partial charge on any atom is 0.233 e. The number of amides is 2. The Bertz CT molecular complexity index is 622. The van der Waals surface area contributed by atoms with Crippen LogP contribution < -0.4 is 0 Å². The van der Waals surface area contributed by atoms with Crippen molar-refractivity contribution in [3.05, 3.63) is 33.8 Å². The third-order valence-corrected chi connectivity index (χ3v) is 4.76. The Morgan fingerprint density at radius 2 is 1.76 bits per heavy atom. The molecule has 1 saturated heterocycles. The van der Waals surface area contributed by atoms with Crippen LogP contribution in [0, 0.1) is 11.8 Å². The summed E-state index contributed by atoms with van der Waals surface area (Å²) < 4.78 is 0. The molecule has 2 amide bonds. The summed E-state index contributed by atoms with van der Waals surface area (Å²) in [7, 11) is 0. The van der Waals surface area contributed by atoms with Crippen molar-refractivity contribution in [1.29, 1.82) is 0 Å². The third kappa shape index (κ3) is 2.47. The summed E-state index contributed by atoms with van der Waals surface area (Å²) in [5.41, 5.74) is 0.277. The van der Waals surface area contributed by atoms with Gasteiger partial charge in [-0.25, -0.2) is 0 Å². The molecule has 2 atom stereocenters. The number of carbonyl (C=O) groups excluding carboxylic acids is 3. The number of nitrogens with zero attached hydrogens (tertiary/aromatic N) is 1. The third-order valence-electron chi connectivity index (χ3n) is 4.22. The van der Waals surface area contributed by atoms with E-state index in [1.165, 1.54) is 12.1 Å². The smallest absolute Gasteiger partial charge is 0.233 e. The molecule has 4 nitrogen and oxygen atoms in total. The average Bonchev–Trinajstić information content (AvgIpc) is 2.99. The van der Waals surface area contributed by atoms with Crippen molar-refractivity contribution >= 4 is 40.8 Å². The highest BCUT2D eigenvalue weighted by molar-refractivity contribution is 6.37. The van der Waals surface area contributed by atoms with Gasteiger partial charge >= 0.3 is 0 Å². The van der Waals surface area contributed by atoms with Crippen LogP contribution >= 0.6 is 23.2 Å². The van der Waals surface area contributed by atoms with E-state index in [1.54, 1.807) is 6.07 Å². The standard InChI is InChI=1S/C15H13Cl2NO3/c16-8-4-5-11(12(17)6-8)13(19)7-18-14(20)9-2-1-3-10(9)15(18)21/h4-6,9-10H,1-3,7H2. The molecule has 1 aromatic rings. The second-order valence-corrected chi connectivity index (χ2v) is 6.30. The fourth-order valence-corrected chi connectivity index (χ4v) is 3.67. The molecule has 3 rings (SSSR count). The predicted octanol–water partition coefficient (Wildman–Crippen LogP) is 2.96. The summed E-state index contributed by atoms with van der Waals surface area (Å²) >= 11 is 11.8. The number of likely N-dealkylation sites (tertiary alicyclic amines) is 1. The minimum atomic E-state index is -0.349. The van der Waals surface area contributed by atoms with E-state index in [0.29, 0.717) is 5.02 Å². The van der Waals surface area contributed by atoms with Gasteiger partial charge in [0.2, 0.25) is 11.8 Å². The molecule has 6 heteroatoms. The number of ketones is 1. The van der Waals surface area contributed by atoms with Crippen LogP contribution in [-0.2, 0) is 9.59 Å². The van der Waals surface area contributed by atoms with Crippen molar-refractivity contribution in [1.82, 2.24) is 4.90 Å². The number of hydrogen-bond donors (Lipinski definition) is 0. The molecule has 0 radical (unpaired) electrons. The molecule has 1 aliphatic carbocycles. The highest BCUT2D eigenvalue weighted by atomic mass is 35.5. The highest BCUT2D eigenvalue weighted by Crippen LogP contribution is 2.39. The number of carbonyl (C=O) groups is 3. The molecule has 0 aromatic heterocycles. The molecule has 0 bridgehead atoms. The van der Waals surface area contributed by atoms with Crippen molar-refractivity contribution in [2.75, 3.05) is 6.54 Å². The summed E-state index contributed by atoms with van der Waals surface area (Å²) in [4.78, 5) is 37.8. The van der Waals surface area contributed by atoms with Crippen LogP contribution in [0.1, 0.15) is 29.6 Å². The van der Waals surface area contributed by atoms with Crippen LogP contribution in [0.15, 0.2) is 18.2 Å². The van der Waals surface area contributed by atoms with Crippen molar-refractivity contribution in [3.63, 3.8) is 0 Å². The first-order valence-electron chi connectivity index (χ1n) is 6.82. The Hall–Kier alpha value is -1.39. The quantitative estimate of drug-likeness (QED) is 0.634. The Morgan fingerprint density at radius 1 is 1.14 bits per heavy atom. The predicted molar refractivity (Wildman–Crippen MR) is 78.3 cm³/mol. The molecule has 1 aromatic carbocycles. The maximum atomic E-state index is 12.3. The van der Waals surface area contributed by atoms with Crippen molar-refractivity contribution in [3.8, 4) is 0 Å². The first-order valence-corrected chi connectivity index (χ1v) is 7.58. The van der Waals surface area contributed by atoms with E-state index < -0.39 is 0 Å². The first-order chi connectivity index (χ1) is 9.99. The summed E-state index contributed by atoms with van der Waals surface area (Å²) in [6, 6.07) is 4.54. The van der Waals surface area contributed by atoms with Crippen LogP contribution in [0.3, 0.4) is 0 Å². The van der Waals surface area contributed by atoms with Gasteiger partial charge in [-0.15, -0.1) is 0 Å². The Balaban J connectivity index is 1.79. The summed E-state index contributed by atoms with van der Waals surface area (Å²) in [6.07, 6.45) is 2.38. The van der Waals surface area contributed by atoms with Crippen LogP contribution in [-0.4, -0.2) is 29.0 Å². The fourth-order valence-electron chi connectivity index (χ4n) is 3.16. The zero-order chi connectivity index (χ0) is 15.1. The van der Waals surface area contributed by atoms with Crippen molar-refractivity contribution < 1.29 is 14.4 Å². The lowest BCUT2D eigenvalue weighted by Gasteiger charge is -2.15. The topological polar surface area (TPSA) is 54.5 Å². The number of Topliss-reactive ketones (excluding diaryl/α,β-unsaturated/α-hetero) is 1. The lowest BCUT2D eigenvalue weighted by Crippen LogP contribution is -2.36. The maximum absolute atomic E-state index is 12.3. The Morgan fingerprint density at radius 3 is 2.33 bits per heavy atom. The molecule has 21 heavy (non-hydrogen) atoms. The largest absolute Gasteiger partial charge is 0.292 e. The minimum absolute atomic E-state index is 0.221. The van der Waals surface area contributed by atoms with Crippen LogP contribution in [0.4, 0.5) is 0 Å². The zero-order valence-electron chi connectivity index (χ0n) is 11.1. The zero-order valence-corrected chi connectivity index (χ0v) is 12.7. The van der Waals surface area contributed by atoms with E-state index >= 15 is 0 Å². The van der Waals surface area contributed by atoms with Gasteiger partial charge in [0.1, 0.15) is 0 Å². The molecule has 1 aliphatic heterocycles. The van der Waals surface area contributed by atoms with Gasteiger partial charge in [0.15, 0.2) is 5.78 Å². The van der Waals surface area contributed by atoms with Gasteiger partial charge in [-0.3, -0.25) is 19.3 Å². The average molecular weight is 326 g/mol. The molecule has 2 unspecified atom stereocenters. The molecule has 110 valence electrons. The van der Waals surface area contributed by atoms with Gasteiger partial charge in [-0.2, -0.15) is 0 Å². The number of imide groups is 1. The van der Waals surface area contributed by atoms with E-state index in [9.17, 15) is 14.4 Å². The summed E-state index contributed by atoms with van der Waals surface area (Å²) in [5, 5.41) is 0.659. The van der Waals surface area contributed by atoms with Gasteiger partial charge in [-0.1, -0.05) is 29.6 Å². The van der Waals surface area contributed by atoms with Gasteiger partial charge in [0, 0.05) is 10.6 Å². The van der Waals surface area contributed by atoms with E-state index in [0.717, 1.165) is 24.2 Å². The number of fused-ring (bicyclic) bond motifs is 1. The van der Waals surface area contributed by atoms with Gasteiger partial charge in [0.25, 0.3) is 0 Å². The number of halogens is 2. The second-order valence-electron chi connectivity index (χ2n) is 5.45. The first kappa shape index (κ1) is 14.5. The Labute approximate surface area is 132 Å². The van der Waals surface area contributed by atoms with E-state index in [4.69, 9.17) is 23.2 Å². The van der Waals surface area contributed by atoms with Crippen LogP contribution in [0.25, 0.3) is 0 Å². The molecular weight excluding hydrogens is 313 g/mol. The lowest BCUT2D eigenvalue weighted by molar-refractivity contribution is -0.139. The minimum Gasteiger partial charge on any atom is -0.292 e. The van der Waals surface area contributed by atoms with Crippen molar-refractivity contribution in [2.45, 2.75) is 19.3 Å². The van der Waals surface area contributed by atoms with Gasteiger partial charge in [-0.05, 0) is 31.0 Å². The Kier molecular flexibility index (Phi) is 3.76. The molecule has 0 N–H and O–H groups in total. The molecule has 0 spiro atoms. The highest BCUT2D eigenvalue weighted by Gasteiger charge is 2.50. The molecule has 2 fully saturated rings. The van der Waals surface area contributed by atoms with Crippen LogP contribution in [0.2, 0.25) is 10.0 Å². The van der Waals surface area contributed by atoms with Gasteiger partial charge in [0.05, 0.1) is 23.4 Å². The lowest BCUT2D eigenvalue weighted by atomic mass is 10.00. The summed E-state index contributed by atoms with van der Waals surface area (Å²) in [5.74, 6) is -1.25. The van der Waals surface area contributed by atoms with E-state index in [1.807, 2.05) is 0 Å². The van der Waals surface area contributed by atoms with E-state index in [-0.39, 0.29) is 46.6 Å². The number of benzene rings is 1. The molecule has 1 heterocycles. The molecule has 2 aliphatic rings. The molecular formula is C15H13Cl2NO3. The van der Waals surface area contributed by atoms with Crippen molar-refractivity contribution in [2.24, 2.45) is 11.8 Å². The van der Waals surface area contributed by atoms with Gasteiger partial charge < -0.3 is 0 Å². The summed E-state index contributed by atoms with van der Waals surface area (Å²) in [6.45, 7) is -0.244. The van der Waals surface area contributed by atoms with Crippen LogP contribution in [0.5, 0.6) is 0 Å². The van der Waals surface area contributed by atoms with E-state index in [2.05, 4.69) is 0 Å². The second kappa shape index (κ2) is 5.43. The molecule has 1 saturated carbocycles. The monoisotopic (exact) mass is 325 g/mol. The fraction of sp³-hybridized carbons (Fsp3) is 0.400. The number of hydrogen-bond acceptors (Lipinski definition) is 3.